The lowest BCUT2D eigenvalue weighted by atomic mass is 9.94. The maximum atomic E-state index is 13.2. The number of ketones is 1. The van der Waals surface area contributed by atoms with E-state index in [1.807, 2.05) is 36.0 Å². The Kier molecular flexibility index (Phi) is 6.54. The molecule has 0 aliphatic carbocycles. The number of hydrogen-bond donors (Lipinski definition) is 0. The number of para-hydroxylation sites is 2. The van der Waals surface area contributed by atoms with Crippen molar-refractivity contribution in [2.45, 2.75) is 41.5 Å². The number of Topliss-reactive ketones (excluding diaryl/α,β-unsaturated/α-hetero) is 1. The van der Waals surface area contributed by atoms with Crippen molar-refractivity contribution in [2.24, 2.45) is 0 Å². The first-order chi connectivity index (χ1) is 15.7. The zero-order valence-corrected chi connectivity index (χ0v) is 19.6. The third kappa shape index (κ3) is 4.45. The Bertz CT molecular complexity index is 1060. The predicted molar refractivity (Wildman–Crippen MR) is 134 cm³/mol. The molecule has 2 aliphatic rings. The van der Waals surface area contributed by atoms with Crippen LogP contribution >= 0.6 is 23.4 Å². The molecule has 5 heteroatoms. The van der Waals surface area contributed by atoms with Gasteiger partial charge in [-0.05, 0) is 74.3 Å². The van der Waals surface area contributed by atoms with Crippen LogP contribution in [0.25, 0.3) is 0 Å². The van der Waals surface area contributed by atoms with Gasteiger partial charge in [0.05, 0.1) is 17.4 Å². The maximum Gasteiger partial charge on any atom is 0.179 e. The average molecular weight is 463 g/mol. The van der Waals surface area contributed by atoms with Crippen LogP contribution in [0.2, 0.25) is 5.02 Å². The van der Waals surface area contributed by atoms with Crippen LogP contribution in [0.5, 0.6) is 0 Å². The van der Waals surface area contributed by atoms with Gasteiger partial charge in [-0.25, -0.2) is 0 Å². The Labute approximate surface area is 199 Å². The topological polar surface area (TPSA) is 23.6 Å². The second-order valence-corrected chi connectivity index (χ2v) is 9.98. The Morgan fingerprint density at radius 1 is 0.875 bits per heavy atom. The molecule has 3 aromatic carbocycles. The Balaban J connectivity index is 1.29. The van der Waals surface area contributed by atoms with E-state index < -0.39 is 0 Å². The summed E-state index contributed by atoms with van der Waals surface area (Å²) in [6.45, 7) is 2.86. The average Bonchev–Trinajstić information content (AvgIpc) is 2.84. The Morgan fingerprint density at radius 2 is 1.53 bits per heavy atom. The van der Waals surface area contributed by atoms with Crippen molar-refractivity contribution in [1.82, 2.24) is 4.90 Å². The smallest absolute Gasteiger partial charge is 0.179 e. The van der Waals surface area contributed by atoms with Gasteiger partial charge in [-0.1, -0.05) is 54.0 Å². The summed E-state index contributed by atoms with van der Waals surface area (Å²) >= 11 is 7.86. The van der Waals surface area contributed by atoms with E-state index in [4.69, 9.17) is 11.6 Å². The van der Waals surface area contributed by atoms with Gasteiger partial charge in [-0.2, -0.15) is 0 Å². The number of halogens is 1. The highest BCUT2D eigenvalue weighted by Gasteiger charge is 2.29. The lowest BCUT2D eigenvalue weighted by molar-refractivity contribution is 0.0745. The van der Waals surface area contributed by atoms with Crippen LogP contribution in [0.1, 0.15) is 36.0 Å². The van der Waals surface area contributed by atoms with Crippen LogP contribution in [0, 0.1) is 0 Å². The quantitative estimate of drug-likeness (QED) is 0.365. The highest BCUT2D eigenvalue weighted by molar-refractivity contribution is 7.99. The molecule has 3 aromatic rings. The molecule has 0 spiro atoms. The summed E-state index contributed by atoms with van der Waals surface area (Å²) in [5, 5.41) is 0.669. The third-order valence-electron chi connectivity index (χ3n) is 6.40. The molecule has 164 valence electrons. The van der Waals surface area contributed by atoms with E-state index >= 15 is 0 Å². The number of likely N-dealkylation sites (tertiary alicyclic amines) is 1. The van der Waals surface area contributed by atoms with Crippen LogP contribution in [0.15, 0.2) is 82.6 Å². The minimum absolute atomic E-state index is 0.0265. The van der Waals surface area contributed by atoms with Crippen LogP contribution in [0.3, 0.4) is 0 Å². The molecule has 0 radical (unpaired) electrons. The summed E-state index contributed by atoms with van der Waals surface area (Å²) in [6.07, 6.45) is 4.23. The largest absolute Gasteiger partial charge is 0.340 e. The number of carbonyl (C=O) groups excluding carboxylic acids is 1. The molecule has 0 saturated carbocycles. The zero-order chi connectivity index (χ0) is 21.9. The fourth-order valence-electron chi connectivity index (χ4n) is 4.82. The second-order valence-electron chi connectivity index (χ2n) is 8.46. The monoisotopic (exact) mass is 462 g/mol. The van der Waals surface area contributed by atoms with E-state index in [-0.39, 0.29) is 11.8 Å². The van der Waals surface area contributed by atoms with Gasteiger partial charge in [0, 0.05) is 33.5 Å². The van der Waals surface area contributed by atoms with Crippen molar-refractivity contribution >= 4 is 40.5 Å². The Hall–Kier alpha value is -2.27. The summed E-state index contributed by atoms with van der Waals surface area (Å²) in [5.41, 5.74) is 3.33. The molecule has 1 atom stereocenters. The van der Waals surface area contributed by atoms with Gasteiger partial charge < -0.3 is 4.90 Å². The van der Waals surface area contributed by atoms with Gasteiger partial charge >= 0.3 is 0 Å². The van der Waals surface area contributed by atoms with E-state index in [1.54, 1.807) is 0 Å². The van der Waals surface area contributed by atoms with Gasteiger partial charge in [-0.3, -0.25) is 9.69 Å². The van der Waals surface area contributed by atoms with Crippen molar-refractivity contribution < 1.29 is 4.79 Å². The number of anilines is 2. The van der Waals surface area contributed by atoms with Crippen molar-refractivity contribution in [3.63, 3.8) is 0 Å². The van der Waals surface area contributed by atoms with Crippen molar-refractivity contribution in [2.75, 3.05) is 24.5 Å². The van der Waals surface area contributed by atoms with Gasteiger partial charge in [0.15, 0.2) is 5.78 Å². The number of fused-ring (bicyclic) bond motifs is 2. The first kappa shape index (κ1) is 21.6. The second kappa shape index (κ2) is 9.70. The van der Waals surface area contributed by atoms with Gasteiger partial charge in [-0.15, -0.1) is 0 Å². The van der Waals surface area contributed by atoms with Gasteiger partial charge in [0.25, 0.3) is 0 Å². The standard InChI is InChI=1S/C27H27ClN2OS/c28-21-15-13-20(14-16-21)27(31)24-10-5-6-17-29(24)18-7-19-30-22-8-1-3-11-25(22)32-26-12-4-2-9-23(26)30/h1-4,8-9,11-16,24H,5-7,10,17-19H2. The van der Waals surface area contributed by atoms with Gasteiger partial charge in [0.1, 0.15) is 0 Å². The molecule has 3 nitrogen and oxygen atoms in total. The van der Waals surface area contributed by atoms with Crippen LogP contribution in [-0.4, -0.2) is 36.4 Å². The third-order valence-corrected chi connectivity index (χ3v) is 7.79. The normalized spacial score (nSPS) is 18.2. The summed E-state index contributed by atoms with van der Waals surface area (Å²) in [4.78, 5) is 20.7. The molecule has 0 N–H and O–H groups in total. The number of piperidine rings is 1. The van der Waals surface area contributed by atoms with E-state index in [0.29, 0.717) is 5.02 Å². The first-order valence-corrected chi connectivity index (χ1v) is 12.6. The molecule has 2 aliphatic heterocycles. The molecule has 0 bridgehead atoms. The molecule has 1 unspecified atom stereocenters. The van der Waals surface area contributed by atoms with Crippen molar-refractivity contribution in [3.05, 3.63) is 83.4 Å². The fraction of sp³-hybridized carbons (Fsp3) is 0.296. The predicted octanol–water partition coefficient (Wildman–Crippen LogP) is 7.07. The maximum absolute atomic E-state index is 13.2. The number of nitrogens with zero attached hydrogens (tertiary/aromatic N) is 2. The molecule has 1 fully saturated rings. The minimum atomic E-state index is -0.0265. The van der Waals surface area contributed by atoms with E-state index in [1.165, 1.54) is 21.2 Å². The number of benzene rings is 3. The molecule has 2 heterocycles. The van der Waals surface area contributed by atoms with E-state index in [0.717, 1.165) is 50.9 Å². The minimum Gasteiger partial charge on any atom is -0.340 e. The van der Waals surface area contributed by atoms with Crippen molar-refractivity contribution in [3.8, 4) is 0 Å². The SMILES string of the molecule is O=C(c1ccc(Cl)cc1)C1CCCCN1CCCN1c2ccccc2Sc2ccccc21. The lowest BCUT2D eigenvalue weighted by Gasteiger charge is -2.36. The molecule has 0 aromatic heterocycles. The number of carbonyl (C=O) groups is 1. The van der Waals surface area contributed by atoms with Crippen LogP contribution in [0.4, 0.5) is 11.4 Å². The van der Waals surface area contributed by atoms with Crippen molar-refractivity contribution in [1.29, 1.82) is 0 Å². The molecular formula is C27H27ClN2OS. The van der Waals surface area contributed by atoms with Gasteiger partial charge in [0.2, 0.25) is 0 Å². The molecule has 0 amide bonds. The molecule has 1 saturated heterocycles. The molecular weight excluding hydrogens is 436 g/mol. The van der Waals surface area contributed by atoms with E-state index in [2.05, 4.69) is 58.3 Å². The zero-order valence-electron chi connectivity index (χ0n) is 18.0. The van der Waals surface area contributed by atoms with Crippen LogP contribution < -0.4 is 4.90 Å². The molecule has 32 heavy (non-hydrogen) atoms. The van der Waals surface area contributed by atoms with Crippen LogP contribution in [-0.2, 0) is 0 Å². The summed E-state index contributed by atoms with van der Waals surface area (Å²) in [6, 6.07) is 24.6. The summed E-state index contributed by atoms with van der Waals surface area (Å²) in [5.74, 6) is 0.228. The highest BCUT2D eigenvalue weighted by atomic mass is 35.5. The lowest BCUT2D eigenvalue weighted by Crippen LogP contribution is -2.45. The van der Waals surface area contributed by atoms with E-state index in [9.17, 15) is 4.79 Å². The summed E-state index contributed by atoms with van der Waals surface area (Å²) in [7, 11) is 0. The fourth-order valence-corrected chi connectivity index (χ4v) is 6.04. The Morgan fingerprint density at radius 3 is 2.22 bits per heavy atom. The molecule has 5 rings (SSSR count). The number of hydrogen-bond acceptors (Lipinski definition) is 4. The highest BCUT2D eigenvalue weighted by Crippen LogP contribution is 2.47. The first-order valence-electron chi connectivity index (χ1n) is 11.4. The summed E-state index contributed by atoms with van der Waals surface area (Å²) < 4.78 is 0. The number of rotatable bonds is 6.